The second-order valence-electron chi connectivity index (χ2n) is 5.79. The largest absolute Gasteiger partial charge is 0.376 e. The summed E-state index contributed by atoms with van der Waals surface area (Å²) in [7, 11) is 0. The fourth-order valence-electron chi connectivity index (χ4n) is 2.59. The Morgan fingerprint density at radius 1 is 0.889 bits per heavy atom. The van der Waals surface area contributed by atoms with Crippen LogP contribution in [0.15, 0.2) is 83.8 Å². The number of benzene rings is 3. The van der Waals surface area contributed by atoms with Gasteiger partial charge in [-0.05, 0) is 35.4 Å². The highest BCUT2D eigenvalue weighted by Crippen LogP contribution is 2.26. The van der Waals surface area contributed by atoms with E-state index >= 15 is 0 Å². The Kier molecular flexibility index (Phi) is 6.50. The normalized spacial score (nSPS) is 10.0. The molecule has 3 aromatic rings. The Balaban J connectivity index is 1.56. The van der Waals surface area contributed by atoms with Crippen molar-refractivity contribution in [1.29, 1.82) is 5.26 Å². The van der Waals surface area contributed by atoms with Crippen LogP contribution in [-0.2, 0) is 4.79 Å². The van der Waals surface area contributed by atoms with Gasteiger partial charge in [-0.25, -0.2) is 0 Å². The Morgan fingerprint density at radius 3 is 2.30 bits per heavy atom. The van der Waals surface area contributed by atoms with Crippen molar-refractivity contribution < 1.29 is 4.79 Å². The lowest BCUT2D eigenvalue weighted by Gasteiger charge is -2.11. The number of hydrogen-bond acceptors (Lipinski definition) is 4. The molecule has 0 unspecified atom stereocenters. The first-order chi connectivity index (χ1) is 13.3. The summed E-state index contributed by atoms with van der Waals surface area (Å²) < 4.78 is 0. The van der Waals surface area contributed by atoms with E-state index in [2.05, 4.69) is 28.8 Å². The Morgan fingerprint density at radius 2 is 1.56 bits per heavy atom. The van der Waals surface area contributed by atoms with Crippen LogP contribution in [0.2, 0.25) is 0 Å². The summed E-state index contributed by atoms with van der Waals surface area (Å²) in [5.74, 6) is 0.214. The molecule has 3 aromatic carbocycles. The van der Waals surface area contributed by atoms with Crippen LogP contribution in [0.5, 0.6) is 0 Å². The van der Waals surface area contributed by atoms with Crippen LogP contribution in [-0.4, -0.2) is 18.2 Å². The van der Waals surface area contributed by atoms with Crippen molar-refractivity contribution >= 4 is 29.0 Å². The van der Waals surface area contributed by atoms with E-state index in [4.69, 9.17) is 5.26 Å². The first-order valence-corrected chi connectivity index (χ1v) is 9.53. The number of nitriles is 1. The second-order valence-corrected chi connectivity index (χ2v) is 6.81. The SMILES string of the molecule is N#CCSc1ccccc1NC(=O)CNc1ccc(-c2ccccc2)cc1. The van der Waals surface area contributed by atoms with Crippen molar-refractivity contribution in [2.24, 2.45) is 0 Å². The molecule has 3 rings (SSSR count). The highest BCUT2D eigenvalue weighted by atomic mass is 32.2. The molecule has 0 aromatic heterocycles. The Labute approximate surface area is 163 Å². The molecule has 0 aliphatic carbocycles. The van der Waals surface area contributed by atoms with Crippen LogP contribution >= 0.6 is 11.8 Å². The monoisotopic (exact) mass is 373 g/mol. The lowest BCUT2D eigenvalue weighted by atomic mass is 10.1. The maximum atomic E-state index is 12.3. The van der Waals surface area contributed by atoms with Gasteiger partial charge in [0.05, 0.1) is 24.1 Å². The number of nitrogens with zero attached hydrogens (tertiary/aromatic N) is 1. The zero-order chi connectivity index (χ0) is 18.9. The molecule has 0 aliphatic heterocycles. The van der Waals surface area contributed by atoms with E-state index in [9.17, 15) is 4.79 Å². The number of rotatable bonds is 7. The predicted molar refractivity (Wildman–Crippen MR) is 112 cm³/mol. The minimum Gasteiger partial charge on any atom is -0.376 e. The quantitative estimate of drug-likeness (QED) is 0.571. The smallest absolute Gasteiger partial charge is 0.243 e. The van der Waals surface area contributed by atoms with Gasteiger partial charge in [0, 0.05) is 10.6 Å². The number of anilines is 2. The van der Waals surface area contributed by atoms with Crippen LogP contribution in [0.1, 0.15) is 0 Å². The van der Waals surface area contributed by atoms with Crippen LogP contribution < -0.4 is 10.6 Å². The predicted octanol–water partition coefficient (Wildman–Crippen LogP) is 5.02. The minimum atomic E-state index is -0.132. The van der Waals surface area contributed by atoms with Crippen molar-refractivity contribution in [2.75, 3.05) is 22.9 Å². The lowest BCUT2D eigenvalue weighted by Crippen LogP contribution is -2.22. The van der Waals surface area contributed by atoms with Gasteiger partial charge >= 0.3 is 0 Å². The first kappa shape index (κ1) is 18.6. The maximum Gasteiger partial charge on any atom is 0.243 e. The van der Waals surface area contributed by atoms with Crippen molar-refractivity contribution in [3.05, 3.63) is 78.9 Å². The summed E-state index contributed by atoms with van der Waals surface area (Å²) >= 11 is 1.41. The molecule has 0 aliphatic rings. The summed E-state index contributed by atoms with van der Waals surface area (Å²) in [6.07, 6.45) is 0. The molecule has 0 heterocycles. The van der Waals surface area contributed by atoms with Crippen LogP contribution in [0, 0.1) is 11.3 Å². The van der Waals surface area contributed by atoms with E-state index in [1.54, 1.807) is 0 Å². The third-order valence-corrected chi connectivity index (χ3v) is 4.84. The van der Waals surface area contributed by atoms with E-state index in [0.717, 1.165) is 27.4 Å². The minimum absolute atomic E-state index is 0.132. The van der Waals surface area contributed by atoms with E-state index in [-0.39, 0.29) is 12.5 Å². The fraction of sp³-hybridized carbons (Fsp3) is 0.0909. The van der Waals surface area contributed by atoms with Gasteiger partial charge < -0.3 is 10.6 Å². The van der Waals surface area contributed by atoms with Crippen molar-refractivity contribution in [3.8, 4) is 17.2 Å². The highest BCUT2D eigenvalue weighted by Gasteiger charge is 2.07. The van der Waals surface area contributed by atoms with Gasteiger partial charge in [-0.3, -0.25) is 4.79 Å². The average Bonchev–Trinajstić information content (AvgIpc) is 2.73. The molecule has 0 atom stereocenters. The van der Waals surface area contributed by atoms with E-state index < -0.39 is 0 Å². The molecule has 0 bridgehead atoms. The molecule has 0 spiro atoms. The molecule has 4 nitrogen and oxygen atoms in total. The van der Waals surface area contributed by atoms with Gasteiger partial charge in [0.15, 0.2) is 0 Å². The molecule has 2 N–H and O–H groups in total. The van der Waals surface area contributed by atoms with Gasteiger partial charge in [-0.1, -0.05) is 54.6 Å². The standard InChI is InChI=1S/C22H19N3OS/c23-14-15-27-21-9-5-4-8-20(21)25-22(26)16-24-19-12-10-18(11-13-19)17-6-2-1-3-7-17/h1-13,24H,15-16H2,(H,25,26). The summed E-state index contributed by atoms with van der Waals surface area (Å²) in [6, 6.07) is 27.7. The van der Waals surface area contributed by atoms with Gasteiger partial charge in [0.1, 0.15) is 0 Å². The number of carbonyl (C=O) groups excluding carboxylic acids is 1. The number of para-hydroxylation sites is 1. The van der Waals surface area contributed by atoms with Crippen LogP contribution in [0.4, 0.5) is 11.4 Å². The van der Waals surface area contributed by atoms with Crippen molar-refractivity contribution in [2.45, 2.75) is 4.90 Å². The fourth-order valence-corrected chi connectivity index (χ4v) is 3.26. The molecule has 0 saturated carbocycles. The lowest BCUT2D eigenvalue weighted by molar-refractivity contribution is -0.114. The molecular weight excluding hydrogens is 354 g/mol. The summed E-state index contributed by atoms with van der Waals surface area (Å²) in [5.41, 5.74) is 3.91. The molecule has 1 amide bonds. The summed E-state index contributed by atoms with van der Waals surface area (Å²) in [6.45, 7) is 0.169. The zero-order valence-corrected chi connectivity index (χ0v) is 15.5. The number of amides is 1. The average molecular weight is 373 g/mol. The van der Waals surface area contributed by atoms with E-state index in [1.165, 1.54) is 11.8 Å². The highest BCUT2D eigenvalue weighted by molar-refractivity contribution is 7.99. The molecule has 27 heavy (non-hydrogen) atoms. The third-order valence-electron chi connectivity index (χ3n) is 3.90. The Hall–Kier alpha value is -3.23. The summed E-state index contributed by atoms with van der Waals surface area (Å²) in [5, 5.41) is 14.8. The number of hydrogen-bond donors (Lipinski definition) is 2. The molecule has 134 valence electrons. The van der Waals surface area contributed by atoms with Gasteiger partial charge in [0.25, 0.3) is 0 Å². The van der Waals surface area contributed by atoms with Crippen LogP contribution in [0.25, 0.3) is 11.1 Å². The maximum absolute atomic E-state index is 12.3. The second kappa shape index (κ2) is 9.46. The van der Waals surface area contributed by atoms with Gasteiger partial charge in [0.2, 0.25) is 5.91 Å². The topological polar surface area (TPSA) is 64.9 Å². The molecule has 0 saturated heterocycles. The molecule has 0 fully saturated rings. The third kappa shape index (κ3) is 5.37. The molecule has 5 heteroatoms. The van der Waals surface area contributed by atoms with Crippen molar-refractivity contribution in [3.63, 3.8) is 0 Å². The number of carbonyl (C=O) groups is 1. The number of nitrogens with one attached hydrogen (secondary N) is 2. The van der Waals surface area contributed by atoms with Gasteiger partial charge in [-0.2, -0.15) is 5.26 Å². The van der Waals surface area contributed by atoms with Crippen molar-refractivity contribution in [1.82, 2.24) is 0 Å². The molecule has 0 radical (unpaired) electrons. The molecular formula is C22H19N3OS. The Bertz CT molecular complexity index is 934. The van der Waals surface area contributed by atoms with Gasteiger partial charge in [-0.15, -0.1) is 11.8 Å². The number of thioether (sulfide) groups is 1. The van der Waals surface area contributed by atoms with E-state index in [0.29, 0.717) is 5.75 Å². The van der Waals surface area contributed by atoms with Crippen LogP contribution in [0.3, 0.4) is 0 Å². The first-order valence-electron chi connectivity index (χ1n) is 8.54. The summed E-state index contributed by atoms with van der Waals surface area (Å²) in [4.78, 5) is 13.1. The zero-order valence-electron chi connectivity index (χ0n) is 14.7. The van der Waals surface area contributed by atoms with E-state index in [1.807, 2.05) is 66.7 Å².